The largest absolute Gasteiger partial charge is 0.446 e. The SMILES string of the molecule is N#Cc1ccc2nc(NC3CCN(C(=O)OC4C5CC6C[C@@H]4CC(O)(C6)C5)C3)sc2c1. The van der Waals surface area contributed by atoms with Crippen LogP contribution in [0.4, 0.5) is 9.93 Å². The van der Waals surface area contributed by atoms with E-state index in [1.54, 1.807) is 11.0 Å². The number of benzene rings is 1. The molecule has 1 saturated heterocycles. The van der Waals surface area contributed by atoms with Gasteiger partial charge in [0, 0.05) is 19.1 Å². The van der Waals surface area contributed by atoms with Gasteiger partial charge < -0.3 is 20.1 Å². The second-order valence-corrected chi connectivity index (χ2v) is 11.0. The summed E-state index contributed by atoms with van der Waals surface area (Å²) in [5.41, 5.74) is 1.01. The van der Waals surface area contributed by atoms with Crippen LogP contribution in [0.5, 0.6) is 0 Å². The molecule has 31 heavy (non-hydrogen) atoms. The van der Waals surface area contributed by atoms with Gasteiger partial charge in [-0.1, -0.05) is 11.3 Å². The van der Waals surface area contributed by atoms with E-state index in [4.69, 9.17) is 10.00 Å². The van der Waals surface area contributed by atoms with Crippen LogP contribution in [0.3, 0.4) is 0 Å². The monoisotopic (exact) mass is 438 g/mol. The lowest BCUT2D eigenvalue weighted by atomic mass is 9.53. The minimum atomic E-state index is -0.507. The number of anilines is 1. The molecule has 4 saturated carbocycles. The zero-order chi connectivity index (χ0) is 21.2. The fourth-order valence-corrected chi connectivity index (χ4v) is 7.57. The molecule has 1 aliphatic heterocycles. The van der Waals surface area contributed by atoms with Gasteiger partial charge in [-0.25, -0.2) is 9.78 Å². The standard InChI is InChI=1S/C23H26N4O3S/c24-11-13-1-2-18-19(7-13)31-21(26-18)25-17-3-4-27(12-17)22(28)30-20-15-5-14-6-16(20)10-23(29,8-14)9-15/h1-2,7,14-17,20,29H,3-6,8-10,12H2,(H,25,26)/t14?,15-,16?,17?,20?,23?/m1/s1. The van der Waals surface area contributed by atoms with Crippen molar-refractivity contribution in [3.8, 4) is 6.07 Å². The van der Waals surface area contributed by atoms with Gasteiger partial charge in [-0.2, -0.15) is 5.26 Å². The lowest BCUT2D eigenvalue weighted by Gasteiger charge is -2.57. The second-order valence-electron chi connectivity index (χ2n) is 9.93. The second kappa shape index (κ2) is 7.07. The van der Waals surface area contributed by atoms with Gasteiger partial charge in [-0.3, -0.25) is 0 Å². The van der Waals surface area contributed by atoms with Crippen molar-refractivity contribution in [1.29, 1.82) is 5.26 Å². The highest BCUT2D eigenvalue weighted by molar-refractivity contribution is 7.22. The lowest BCUT2D eigenvalue weighted by Crippen LogP contribution is -2.58. The molecule has 5 aliphatic rings. The Morgan fingerprint density at radius 3 is 2.87 bits per heavy atom. The molecule has 7 nitrogen and oxygen atoms in total. The first-order valence-corrected chi connectivity index (χ1v) is 12.0. The summed E-state index contributed by atoms with van der Waals surface area (Å²) in [6.07, 6.45) is 5.29. The molecule has 4 aliphatic carbocycles. The molecule has 7 rings (SSSR count). The smallest absolute Gasteiger partial charge is 0.410 e. The molecule has 0 radical (unpaired) electrons. The van der Waals surface area contributed by atoms with Crippen LogP contribution in [0.25, 0.3) is 10.2 Å². The number of aliphatic hydroxyl groups is 1. The first-order chi connectivity index (χ1) is 15.0. The number of nitrogens with zero attached hydrogens (tertiary/aromatic N) is 3. The van der Waals surface area contributed by atoms with Gasteiger partial charge in [0.15, 0.2) is 5.13 Å². The normalized spacial score (nSPS) is 36.0. The van der Waals surface area contributed by atoms with Crippen LogP contribution < -0.4 is 5.32 Å². The minimum absolute atomic E-state index is 0.0325. The zero-order valence-electron chi connectivity index (χ0n) is 17.3. The van der Waals surface area contributed by atoms with Gasteiger partial charge in [0.1, 0.15) is 6.10 Å². The summed E-state index contributed by atoms with van der Waals surface area (Å²) in [6.45, 7) is 1.28. The highest BCUT2D eigenvalue weighted by Gasteiger charge is 2.56. The molecule has 6 atom stereocenters. The third kappa shape index (κ3) is 3.44. The number of aromatic nitrogens is 1. The summed E-state index contributed by atoms with van der Waals surface area (Å²) in [5, 5.41) is 24.1. The molecule has 1 aromatic heterocycles. The Bertz CT molecular complexity index is 1060. The topological polar surface area (TPSA) is 98.5 Å². The van der Waals surface area contributed by atoms with Gasteiger partial charge in [0.2, 0.25) is 0 Å². The Kier molecular flexibility index (Phi) is 4.41. The van der Waals surface area contributed by atoms with Gasteiger partial charge in [-0.15, -0.1) is 0 Å². The van der Waals surface area contributed by atoms with Crippen molar-refractivity contribution in [2.75, 3.05) is 18.4 Å². The number of nitrogens with one attached hydrogen (secondary N) is 1. The number of likely N-dealkylation sites (tertiary alicyclic amines) is 1. The van der Waals surface area contributed by atoms with E-state index >= 15 is 0 Å². The molecule has 5 unspecified atom stereocenters. The average Bonchev–Trinajstić information content (AvgIpc) is 3.35. The van der Waals surface area contributed by atoms with E-state index in [0.29, 0.717) is 36.4 Å². The number of carbonyl (C=O) groups excluding carboxylic acids is 1. The summed E-state index contributed by atoms with van der Waals surface area (Å²) < 4.78 is 7.02. The van der Waals surface area contributed by atoms with Crippen molar-refractivity contribution < 1.29 is 14.6 Å². The highest BCUT2D eigenvalue weighted by Crippen LogP contribution is 2.56. The number of fused-ring (bicyclic) bond motifs is 1. The molecule has 1 aromatic carbocycles. The van der Waals surface area contributed by atoms with E-state index in [2.05, 4.69) is 16.4 Å². The maximum atomic E-state index is 12.9. The summed E-state index contributed by atoms with van der Waals surface area (Å²) >= 11 is 1.54. The molecule has 2 aromatic rings. The predicted molar refractivity (Wildman–Crippen MR) is 117 cm³/mol. The number of nitriles is 1. The van der Waals surface area contributed by atoms with Gasteiger partial charge in [0.05, 0.1) is 27.5 Å². The van der Waals surface area contributed by atoms with E-state index in [9.17, 15) is 9.90 Å². The molecule has 8 heteroatoms. The lowest BCUT2D eigenvalue weighted by molar-refractivity contribution is -0.177. The Morgan fingerprint density at radius 1 is 1.32 bits per heavy atom. The molecular weight excluding hydrogens is 412 g/mol. The first kappa shape index (κ1) is 19.3. The molecule has 5 fully saturated rings. The fraction of sp³-hybridized carbons (Fsp3) is 0.609. The Labute approximate surface area is 185 Å². The minimum Gasteiger partial charge on any atom is -0.446 e. The Morgan fingerprint density at radius 2 is 2.13 bits per heavy atom. The van der Waals surface area contributed by atoms with E-state index in [1.165, 1.54) is 11.3 Å². The Balaban J connectivity index is 1.07. The van der Waals surface area contributed by atoms with Crippen molar-refractivity contribution in [3.05, 3.63) is 23.8 Å². The summed E-state index contributed by atoms with van der Waals surface area (Å²) in [7, 11) is 0. The van der Waals surface area contributed by atoms with E-state index in [0.717, 1.165) is 53.9 Å². The predicted octanol–water partition coefficient (Wildman–Crippen LogP) is 3.73. The molecule has 1 amide bonds. The maximum Gasteiger partial charge on any atom is 0.410 e. The van der Waals surface area contributed by atoms with Crippen molar-refractivity contribution in [2.45, 2.75) is 56.3 Å². The highest BCUT2D eigenvalue weighted by atomic mass is 32.1. The van der Waals surface area contributed by atoms with Crippen molar-refractivity contribution in [2.24, 2.45) is 17.8 Å². The van der Waals surface area contributed by atoms with Crippen LogP contribution in [-0.2, 0) is 4.74 Å². The number of thiazole rings is 1. The fourth-order valence-electron chi connectivity index (χ4n) is 6.59. The first-order valence-electron chi connectivity index (χ1n) is 11.2. The number of rotatable bonds is 3. The molecule has 4 bridgehead atoms. The Hall–Kier alpha value is -2.37. The van der Waals surface area contributed by atoms with Crippen LogP contribution in [0, 0.1) is 29.1 Å². The number of hydrogen-bond donors (Lipinski definition) is 2. The average molecular weight is 439 g/mol. The van der Waals surface area contributed by atoms with Crippen LogP contribution in [0.15, 0.2) is 18.2 Å². The molecule has 2 N–H and O–H groups in total. The number of ether oxygens (including phenoxy) is 1. The summed E-state index contributed by atoms with van der Waals surface area (Å²) in [5.74, 6) is 1.24. The third-order valence-electron chi connectivity index (χ3n) is 7.68. The van der Waals surface area contributed by atoms with Crippen molar-refractivity contribution in [3.63, 3.8) is 0 Å². The van der Waals surface area contributed by atoms with Crippen LogP contribution >= 0.6 is 11.3 Å². The molecule has 162 valence electrons. The van der Waals surface area contributed by atoms with E-state index < -0.39 is 5.60 Å². The molecular formula is C23H26N4O3S. The van der Waals surface area contributed by atoms with Crippen LogP contribution in [0.2, 0.25) is 0 Å². The summed E-state index contributed by atoms with van der Waals surface area (Å²) in [4.78, 5) is 19.3. The van der Waals surface area contributed by atoms with Gasteiger partial charge in [-0.05, 0) is 74.5 Å². The van der Waals surface area contributed by atoms with E-state index in [1.807, 2.05) is 12.1 Å². The number of carbonyl (C=O) groups is 1. The quantitative estimate of drug-likeness (QED) is 0.758. The van der Waals surface area contributed by atoms with Gasteiger partial charge >= 0.3 is 6.09 Å². The maximum absolute atomic E-state index is 12.9. The number of amides is 1. The van der Waals surface area contributed by atoms with Crippen molar-refractivity contribution in [1.82, 2.24) is 9.88 Å². The molecule has 0 spiro atoms. The molecule has 2 heterocycles. The van der Waals surface area contributed by atoms with E-state index in [-0.39, 0.29) is 18.2 Å². The van der Waals surface area contributed by atoms with Gasteiger partial charge in [0.25, 0.3) is 0 Å². The number of hydrogen-bond acceptors (Lipinski definition) is 7. The van der Waals surface area contributed by atoms with Crippen LogP contribution in [-0.4, -0.2) is 51.9 Å². The van der Waals surface area contributed by atoms with Crippen molar-refractivity contribution >= 4 is 32.8 Å². The van der Waals surface area contributed by atoms with Crippen LogP contribution in [0.1, 0.15) is 44.1 Å². The zero-order valence-corrected chi connectivity index (χ0v) is 18.1. The summed E-state index contributed by atoms with van der Waals surface area (Å²) in [6, 6.07) is 7.81. The third-order valence-corrected chi connectivity index (χ3v) is 8.63.